The number of amides is 2. The molecule has 9 heteroatoms. The van der Waals surface area contributed by atoms with Gasteiger partial charge in [-0.15, -0.1) is 34.4 Å². The Kier molecular flexibility index (Phi) is 7.26. The van der Waals surface area contributed by atoms with Gasteiger partial charge in [0.05, 0.1) is 15.8 Å². The third-order valence-corrected chi connectivity index (χ3v) is 7.35. The van der Waals surface area contributed by atoms with Gasteiger partial charge in [-0.25, -0.2) is 4.98 Å². The predicted molar refractivity (Wildman–Crippen MR) is 135 cm³/mol. The largest absolute Gasteiger partial charge is 0.322 e. The lowest BCUT2D eigenvalue weighted by Gasteiger charge is -2.12. The van der Waals surface area contributed by atoms with E-state index in [2.05, 4.69) is 15.6 Å². The molecule has 5 nitrogen and oxygen atoms in total. The number of thiophene rings is 1. The molecule has 0 fully saturated rings. The van der Waals surface area contributed by atoms with E-state index in [0.717, 1.165) is 15.5 Å². The predicted octanol–water partition coefficient (Wildman–Crippen LogP) is 6.90. The van der Waals surface area contributed by atoms with E-state index in [4.69, 9.17) is 11.6 Å². The summed E-state index contributed by atoms with van der Waals surface area (Å²) < 4.78 is 0. The van der Waals surface area contributed by atoms with Crippen LogP contribution in [0.2, 0.25) is 5.02 Å². The molecule has 32 heavy (non-hydrogen) atoms. The van der Waals surface area contributed by atoms with E-state index in [-0.39, 0.29) is 17.1 Å². The average Bonchev–Trinajstić information content (AvgIpc) is 3.46. The van der Waals surface area contributed by atoms with E-state index in [1.807, 2.05) is 48.0 Å². The SMILES string of the molecule is CC(Sc1cccc(NC(=O)c2cccc(Cl)c2)c1)C(=O)Nc1nc(-c2cccs2)cs1. The molecular formula is C23H18ClN3O2S3. The van der Waals surface area contributed by atoms with Gasteiger partial charge >= 0.3 is 0 Å². The van der Waals surface area contributed by atoms with Crippen molar-refractivity contribution in [2.24, 2.45) is 0 Å². The maximum atomic E-state index is 12.6. The van der Waals surface area contributed by atoms with Crippen LogP contribution in [0.5, 0.6) is 0 Å². The quantitative estimate of drug-likeness (QED) is 0.271. The maximum Gasteiger partial charge on any atom is 0.255 e. The highest BCUT2D eigenvalue weighted by Gasteiger charge is 2.17. The van der Waals surface area contributed by atoms with E-state index in [1.54, 1.807) is 41.7 Å². The number of carbonyl (C=O) groups excluding carboxylic acids is 2. The second-order valence-corrected chi connectivity index (χ2v) is 10.4. The van der Waals surface area contributed by atoms with Crippen molar-refractivity contribution in [3.63, 3.8) is 0 Å². The summed E-state index contributed by atoms with van der Waals surface area (Å²) in [6, 6.07) is 18.1. The minimum absolute atomic E-state index is 0.129. The normalized spacial score (nSPS) is 11.7. The highest BCUT2D eigenvalue weighted by Crippen LogP contribution is 2.30. The zero-order valence-electron chi connectivity index (χ0n) is 16.9. The van der Waals surface area contributed by atoms with Crippen molar-refractivity contribution in [3.8, 4) is 10.6 Å². The molecule has 0 aliphatic rings. The van der Waals surface area contributed by atoms with Gasteiger partial charge in [-0.1, -0.05) is 29.8 Å². The molecule has 0 saturated heterocycles. The molecule has 1 atom stereocenters. The molecule has 162 valence electrons. The van der Waals surface area contributed by atoms with Crippen molar-refractivity contribution in [3.05, 3.63) is 82.0 Å². The molecule has 2 N–H and O–H groups in total. The molecule has 0 radical (unpaired) electrons. The lowest BCUT2D eigenvalue weighted by Crippen LogP contribution is -2.22. The van der Waals surface area contributed by atoms with Crippen LogP contribution in [-0.2, 0) is 4.79 Å². The number of aromatic nitrogens is 1. The summed E-state index contributed by atoms with van der Waals surface area (Å²) >= 11 is 10.4. The summed E-state index contributed by atoms with van der Waals surface area (Å²) in [4.78, 5) is 31.5. The van der Waals surface area contributed by atoms with E-state index in [0.29, 0.717) is 21.4 Å². The molecule has 2 aromatic carbocycles. The van der Waals surface area contributed by atoms with Gasteiger partial charge in [0.1, 0.15) is 0 Å². The number of carbonyl (C=O) groups is 2. The Morgan fingerprint density at radius 3 is 2.66 bits per heavy atom. The molecule has 4 aromatic rings. The van der Waals surface area contributed by atoms with E-state index >= 15 is 0 Å². The number of anilines is 2. The molecule has 2 aromatic heterocycles. The zero-order valence-corrected chi connectivity index (χ0v) is 20.1. The van der Waals surface area contributed by atoms with Gasteiger partial charge in [0.15, 0.2) is 5.13 Å². The Labute approximate surface area is 202 Å². The Hall–Kier alpha value is -2.65. The summed E-state index contributed by atoms with van der Waals surface area (Å²) in [5.41, 5.74) is 1.99. The molecular weight excluding hydrogens is 482 g/mol. The van der Waals surface area contributed by atoms with Crippen molar-refractivity contribution in [2.45, 2.75) is 17.1 Å². The van der Waals surface area contributed by atoms with Crippen LogP contribution in [-0.4, -0.2) is 22.0 Å². The fraction of sp³-hybridized carbons (Fsp3) is 0.0870. The third-order valence-electron chi connectivity index (χ3n) is 4.37. The Morgan fingerprint density at radius 1 is 1.03 bits per heavy atom. The van der Waals surface area contributed by atoms with E-state index in [9.17, 15) is 9.59 Å². The molecule has 2 amide bonds. The Morgan fingerprint density at radius 2 is 1.88 bits per heavy atom. The van der Waals surface area contributed by atoms with Gasteiger partial charge in [0.2, 0.25) is 5.91 Å². The first kappa shape index (κ1) is 22.5. The second kappa shape index (κ2) is 10.3. The van der Waals surface area contributed by atoms with Gasteiger partial charge in [-0.2, -0.15) is 0 Å². The molecule has 1 unspecified atom stereocenters. The van der Waals surface area contributed by atoms with Crippen LogP contribution in [0.1, 0.15) is 17.3 Å². The van der Waals surface area contributed by atoms with E-state index < -0.39 is 0 Å². The molecule has 0 aliphatic heterocycles. The number of nitrogens with one attached hydrogen (secondary N) is 2. The van der Waals surface area contributed by atoms with Gasteiger partial charge in [0.25, 0.3) is 5.91 Å². The van der Waals surface area contributed by atoms with Crippen molar-refractivity contribution in [1.29, 1.82) is 0 Å². The summed E-state index contributed by atoms with van der Waals surface area (Å²) in [6.07, 6.45) is 0. The Balaban J connectivity index is 1.36. The molecule has 0 spiro atoms. The fourth-order valence-corrected chi connectivity index (χ4v) is 5.40. The van der Waals surface area contributed by atoms with Gasteiger partial charge in [0, 0.05) is 26.5 Å². The number of halogens is 1. The maximum absolute atomic E-state index is 12.6. The first-order valence-corrected chi connectivity index (χ1v) is 12.6. The van der Waals surface area contributed by atoms with Crippen LogP contribution in [0.15, 0.2) is 76.3 Å². The molecule has 4 rings (SSSR count). The second-order valence-electron chi connectivity index (χ2n) is 6.76. The summed E-state index contributed by atoms with van der Waals surface area (Å²) in [5.74, 6) is -0.374. The average molecular weight is 500 g/mol. The van der Waals surface area contributed by atoms with Gasteiger partial charge < -0.3 is 10.6 Å². The minimum atomic E-state index is -0.344. The number of thiazole rings is 1. The van der Waals surface area contributed by atoms with Crippen molar-refractivity contribution in [1.82, 2.24) is 4.98 Å². The zero-order chi connectivity index (χ0) is 22.5. The molecule has 0 saturated carbocycles. The highest BCUT2D eigenvalue weighted by molar-refractivity contribution is 8.00. The smallest absolute Gasteiger partial charge is 0.255 e. The number of rotatable bonds is 7. The molecule has 0 aliphatic carbocycles. The lowest BCUT2D eigenvalue weighted by atomic mass is 10.2. The molecule has 2 heterocycles. The van der Waals surface area contributed by atoms with Crippen LogP contribution in [0.4, 0.5) is 10.8 Å². The number of benzene rings is 2. The minimum Gasteiger partial charge on any atom is -0.322 e. The first-order chi connectivity index (χ1) is 15.5. The van der Waals surface area contributed by atoms with Crippen molar-refractivity contribution >= 4 is 68.7 Å². The van der Waals surface area contributed by atoms with Gasteiger partial charge in [-0.05, 0) is 54.8 Å². The summed E-state index contributed by atoms with van der Waals surface area (Å²) in [6.45, 7) is 1.84. The van der Waals surface area contributed by atoms with Crippen molar-refractivity contribution < 1.29 is 9.59 Å². The number of hydrogen-bond acceptors (Lipinski definition) is 6. The van der Waals surface area contributed by atoms with Crippen LogP contribution in [0.3, 0.4) is 0 Å². The van der Waals surface area contributed by atoms with Crippen LogP contribution < -0.4 is 10.6 Å². The number of nitrogens with zero attached hydrogens (tertiary/aromatic N) is 1. The summed E-state index contributed by atoms with van der Waals surface area (Å²) in [5, 5.41) is 10.4. The third kappa shape index (κ3) is 5.77. The monoisotopic (exact) mass is 499 g/mol. The number of thioether (sulfide) groups is 1. The fourth-order valence-electron chi connectivity index (χ4n) is 2.81. The lowest BCUT2D eigenvalue weighted by molar-refractivity contribution is -0.115. The van der Waals surface area contributed by atoms with Crippen molar-refractivity contribution in [2.75, 3.05) is 10.6 Å². The first-order valence-electron chi connectivity index (χ1n) is 9.62. The van der Waals surface area contributed by atoms with E-state index in [1.165, 1.54) is 23.1 Å². The Bertz CT molecular complexity index is 1240. The summed E-state index contributed by atoms with van der Waals surface area (Å²) in [7, 11) is 0. The van der Waals surface area contributed by atoms with Crippen LogP contribution >= 0.6 is 46.0 Å². The van der Waals surface area contributed by atoms with Gasteiger partial charge in [-0.3, -0.25) is 9.59 Å². The topological polar surface area (TPSA) is 71.1 Å². The van der Waals surface area contributed by atoms with Crippen LogP contribution in [0.25, 0.3) is 10.6 Å². The number of hydrogen-bond donors (Lipinski definition) is 2. The van der Waals surface area contributed by atoms with Crippen LogP contribution in [0, 0.1) is 0 Å². The molecule has 0 bridgehead atoms. The highest BCUT2D eigenvalue weighted by atomic mass is 35.5. The standard InChI is InChI=1S/C23H18ClN3O2S3/c1-14(21(28)27-23-26-19(13-31-23)20-9-4-10-30-20)32-18-8-3-7-17(12-18)25-22(29)15-5-2-6-16(24)11-15/h2-14H,1H3,(H,25,29)(H,26,27,28).